The maximum absolute atomic E-state index is 11.3. The van der Waals surface area contributed by atoms with Crippen LogP contribution in [0.2, 0.25) is 0 Å². The smallest absolute Gasteiger partial charge is 0.326 e. The van der Waals surface area contributed by atoms with Crippen molar-refractivity contribution in [2.45, 2.75) is 18.5 Å². The molecule has 0 aliphatic carbocycles. The third-order valence-electron chi connectivity index (χ3n) is 2.45. The summed E-state index contributed by atoms with van der Waals surface area (Å²) >= 11 is 0. The molecule has 0 radical (unpaired) electrons. The number of likely N-dealkylation sites (tertiary alicyclic amines) is 1. The Labute approximate surface area is 82.4 Å². The summed E-state index contributed by atoms with van der Waals surface area (Å²) in [5, 5.41) is 11.9. The van der Waals surface area contributed by atoms with Gasteiger partial charge in [-0.25, -0.2) is 4.79 Å². The van der Waals surface area contributed by atoms with Gasteiger partial charge < -0.3 is 15.3 Å². The molecule has 1 amide bonds. The first-order valence-electron chi connectivity index (χ1n) is 4.43. The summed E-state index contributed by atoms with van der Waals surface area (Å²) < 4.78 is 0. The number of nitrogens with one attached hydrogen (secondary N) is 1. The number of aliphatic carboxylic acids is 1. The Morgan fingerprint density at radius 3 is 2.71 bits per heavy atom. The first-order valence-corrected chi connectivity index (χ1v) is 4.43. The Bertz CT molecular complexity index is 265. The van der Waals surface area contributed by atoms with Crippen LogP contribution in [0.4, 0.5) is 0 Å². The number of rotatable bonds is 3. The highest BCUT2D eigenvalue weighted by molar-refractivity contribution is 5.91. The predicted molar refractivity (Wildman–Crippen MR) is 50.8 cm³/mol. The summed E-state index contributed by atoms with van der Waals surface area (Å²) in [7, 11) is 1.76. The molecule has 0 aromatic carbocycles. The third-order valence-corrected chi connectivity index (χ3v) is 2.45. The number of carbonyl (C=O) groups excluding carboxylic acids is 1. The van der Waals surface area contributed by atoms with Crippen molar-refractivity contribution in [3.05, 3.63) is 12.7 Å². The second-order valence-corrected chi connectivity index (χ2v) is 3.27. The molecule has 2 N–H and O–H groups in total. The molecule has 2 atom stereocenters. The van der Waals surface area contributed by atoms with Crippen molar-refractivity contribution in [3.63, 3.8) is 0 Å². The van der Waals surface area contributed by atoms with Gasteiger partial charge in [-0.2, -0.15) is 0 Å². The molecule has 0 aromatic heterocycles. The average molecular weight is 198 g/mol. The molecule has 5 heteroatoms. The molecule has 1 saturated heterocycles. The van der Waals surface area contributed by atoms with Crippen LogP contribution >= 0.6 is 0 Å². The molecule has 5 nitrogen and oxygen atoms in total. The minimum atomic E-state index is -0.960. The molecule has 1 aliphatic heterocycles. The number of carbonyl (C=O) groups is 2. The molecular formula is C9H14N2O3. The highest BCUT2D eigenvalue weighted by Crippen LogP contribution is 2.18. The van der Waals surface area contributed by atoms with E-state index in [0.29, 0.717) is 13.0 Å². The lowest BCUT2D eigenvalue weighted by atomic mass is 10.2. The van der Waals surface area contributed by atoms with Crippen molar-refractivity contribution in [1.29, 1.82) is 0 Å². The molecule has 1 rings (SSSR count). The third kappa shape index (κ3) is 1.93. The van der Waals surface area contributed by atoms with E-state index in [-0.39, 0.29) is 11.9 Å². The average Bonchev–Trinajstić information content (AvgIpc) is 2.60. The fourth-order valence-corrected chi connectivity index (χ4v) is 1.64. The van der Waals surface area contributed by atoms with Crippen LogP contribution in [-0.2, 0) is 9.59 Å². The summed E-state index contributed by atoms with van der Waals surface area (Å²) in [5.74, 6) is -1.28. The lowest BCUT2D eigenvalue weighted by Gasteiger charge is -2.19. The van der Waals surface area contributed by atoms with Gasteiger partial charge in [0.05, 0.1) is 0 Å². The summed E-state index contributed by atoms with van der Waals surface area (Å²) in [6.45, 7) is 3.77. The molecule has 0 spiro atoms. The maximum atomic E-state index is 11.3. The molecule has 78 valence electrons. The maximum Gasteiger partial charge on any atom is 0.326 e. The van der Waals surface area contributed by atoms with Crippen LogP contribution in [0.25, 0.3) is 0 Å². The van der Waals surface area contributed by atoms with Crippen LogP contribution in [0.3, 0.4) is 0 Å². The second kappa shape index (κ2) is 4.23. The number of amides is 1. The molecule has 14 heavy (non-hydrogen) atoms. The Hall–Kier alpha value is -1.36. The first-order chi connectivity index (χ1) is 6.60. The number of hydrogen-bond donors (Lipinski definition) is 2. The molecule has 1 heterocycles. The topological polar surface area (TPSA) is 69.6 Å². The monoisotopic (exact) mass is 198 g/mol. The minimum absolute atomic E-state index is 0.0556. The zero-order valence-electron chi connectivity index (χ0n) is 8.06. The van der Waals surface area contributed by atoms with Crippen LogP contribution in [0.15, 0.2) is 12.7 Å². The molecular weight excluding hydrogens is 184 g/mol. The van der Waals surface area contributed by atoms with Gasteiger partial charge in [-0.3, -0.25) is 4.79 Å². The lowest BCUT2D eigenvalue weighted by Crippen LogP contribution is -2.39. The summed E-state index contributed by atoms with van der Waals surface area (Å²) in [5.41, 5.74) is 0. The van der Waals surface area contributed by atoms with Crippen molar-refractivity contribution in [1.82, 2.24) is 10.2 Å². The molecule has 0 aromatic rings. The molecule has 0 bridgehead atoms. The fraction of sp³-hybridized carbons (Fsp3) is 0.556. The van der Waals surface area contributed by atoms with Gasteiger partial charge in [0.1, 0.15) is 6.04 Å². The predicted octanol–water partition coefficient (Wildman–Crippen LogP) is -0.554. The van der Waals surface area contributed by atoms with E-state index in [9.17, 15) is 9.59 Å². The van der Waals surface area contributed by atoms with E-state index >= 15 is 0 Å². The highest BCUT2D eigenvalue weighted by atomic mass is 16.4. The molecule has 1 fully saturated rings. The van der Waals surface area contributed by atoms with Crippen LogP contribution < -0.4 is 5.32 Å². The van der Waals surface area contributed by atoms with Crippen LogP contribution in [0.5, 0.6) is 0 Å². The van der Waals surface area contributed by atoms with Gasteiger partial charge in [0, 0.05) is 12.6 Å². The van der Waals surface area contributed by atoms with E-state index in [4.69, 9.17) is 5.11 Å². The van der Waals surface area contributed by atoms with E-state index in [0.717, 1.165) is 6.08 Å². The van der Waals surface area contributed by atoms with E-state index in [1.54, 1.807) is 7.05 Å². The lowest BCUT2D eigenvalue weighted by molar-refractivity contribution is -0.146. The van der Waals surface area contributed by atoms with E-state index in [1.165, 1.54) is 4.90 Å². The molecule has 0 unspecified atom stereocenters. The number of carboxylic acid groups (broad SMARTS) is 1. The van der Waals surface area contributed by atoms with E-state index in [2.05, 4.69) is 11.9 Å². The van der Waals surface area contributed by atoms with Crippen LogP contribution in [-0.4, -0.2) is 47.6 Å². The Kier molecular flexibility index (Phi) is 3.24. The normalized spacial score (nSPS) is 26.2. The van der Waals surface area contributed by atoms with Crippen molar-refractivity contribution in [2.75, 3.05) is 13.6 Å². The van der Waals surface area contributed by atoms with Gasteiger partial charge >= 0.3 is 5.97 Å². The Balaban J connectivity index is 2.76. The number of nitrogens with zero attached hydrogens (tertiary/aromatic N) is 1. The van der Waals surface area contributed by atoms with Crippen molar-refractivity contribution >= 4 is 11.9 Å². The quantitative estimate of drug-likeness (QED) is 0.597. The van der Waals surface area contributed by atoms with Crippen molar-refractivity contribution in [2.24, 2.45) is 0 Å². The van der Waals surface area contributed by atoms with E-state index < -0.39 is 12.0 Å². The first kappa shape index (κ1) is 10.7. The zero-order valence-corrected chi connectivity index (χ0v) is 8.06. The van der Waals surface area contributed by atoms with Crippen LogP contribution in [0, 0.1) is 0 Å². The number of carboxylic acids is 1. The Morgan fingerprint density at radius 2 is 2.29 bits per heavy atom. The SMILES string of the molecule is C=CC(=O)N1C[C@@H](NC)C[C@@H]1C(=O)O. The second-order valence-electron chi connectivity index (χ2n) is 3.27. The van der Waals surface area contributed by atoms with Gasteiger partial charge in [0.25, 0.3) is 0 Å². The molecule has 0 saturated carbocycles. The van der Waals surface area contributed by atoms with Gasteiger partial charge in [0.15, 0.2) is 0 Å². The fourth-order valence-electron chi connectivity index (χ4n) is 1.64. The summed E-state index contributed by atoms with van der Waals surface area (Å²) in [4.78, 5) is 23.5. The standard InChI is InChI=1S/C9H14N2O3/c1-3-8(12)11-5-6(10-2)4-7(11)9(13)14/h3,6-7,10H,1,4-5H2,2H3,(H,13,14)/t6-,7+/m0/s1. The van der Waals surface area contributed by atoms with Gasteiger partial charge in [-0.15, -0.1) is 0 Å². The number of likely N-dealkylation sites (N-methyl/N-ethyl adjacent to an activating group) is 1. The highest BCUT2D eigenvalue weighted by Gasteiger charge is 2.37. The van der Waals surface area contributed by atoms with Crippen molar-refractivity contribution in [3.8, 4) is 0 Å². The van der Waals surface area contributed by atoms with Gasteiger partial charge in [-0.05, 0) is 19.5 Å². The summed E-state index contributed by atoms with van der Waals surface area (Å²) in [6, 6.07) is -0.669. The minimum Gasteiger partial charge on any atom is -0.480 e. The molecule has 1 aliphatic rings. The zero-order chi connectivity index (χ0) is 10.7. The summed E-state index contributed by atoms with van der Waals surface area (Å²) in [6.07, 6.45) is 1.60. The Morgan fingerprint density at radius 1 is 1.64 bits per heavy atom. The largest absolute Gasteiger partial charge is 0.480 e. The van der Waals surface area contributed by atoms with Crippen molar-refractivity contribution < 1.29 is 14.7 Å². The van der Waals surface area contributed by atoms with E-state index in [1.807, 2.05) is 0 Å². The van der Waals surface area contributed by atoms with Crippen LogP contribution in [0.1, 0.15) is 6.42 Å². The number of hydrogen-bond acceptors (Lipinski definition) is 3. The van der Waals surface area contributed by atoms with Gasteiger partial charge in [0.2, 0.25) is 5.91 Å². The van der Waals surface area contributed by atoms with Gasteiger partial charge in [-0.1, -0.05) is 6.58 Å².